The number of hydrogen-bond donors (Lipinski definition) is 3. The third kappa shape index (κ3) is 2.93. The number of aliphatic hydroxyl groups excluding tert-OH is 2. The van der Waals surface area contributed by atoms with Gasteiger partial charge in [0.15, 0.2) is 5.12 Å². The number of nitrogens with one attached hydrogen (secondary N) is 1. The number of aromatic nitrogens is 1. The van der Waals surface area contributed by atoms with Crippen molar-refractivity contribution in [2.75, 3.05) is 5.75 Å². The van der Waals surface area contributed by atoms with Gasteiger partial charge in [-0.15, -0.1) is 0 Å². The Bertz CT molecular complexity index is 552. The zero-order chi connectivity index (χ0) is 13.1. The molecular formula is C13H15NO3S. The minimum absolute atomic E-state index is 0.0685. The van der Waals surface area contributed by atoms with Gasteiger partial charge in [-0.05, 0) is 23.1 Å². The van der Waals surface area contributed by atoms with Crippen molar-refractivity contribution in [3.05, 3.63) is 36.0 Å². The second-order valence-electron chi connectivity index (χ2n) is 4.14. The molecule has 2 aromatic rings. The summed E-state index contributed by atoms with van der Waals surface area (Å²) >= 11 is 1.01. The van der Waals surface area contributed by atoms with Crippen molar-refractivity contribution in [2.24, 2.45) is 0 Å². The van der Waals surface area contributed by atoms with Crippen molar-refractivity contribution in [3.63, 3.8) is 0 Å². The summed E-state index contributed by atoms with van der Waals surface area (Å²) in [5, 5.41) is 20.8. The summed E-state index contributed by atoms with van der Waals surface area (Å²) in [5.41, 5.74) is 1.56. The van der Waals surface area contributed by atoms with Gasteiger partial charge in [0.2, 0.25) is 0 Å². The van der Waals surface area contributed by atoms with Gasteiger partial charge in [0.1, 0.15) is 6.10 Å². The fraction of sp³-hybridized carbons (Fsp3) is 0.308. The van der Waals surface area contributed by atoms with Crippen LogP contribution >= 0.6 is 11.8 Å². The Hall–Kier alpha value is -1.30. The molecule has 0 amide bonds. The van der Waals surface area contributed by atoms with Crippen LogP contribution in [0.5, 0.6) is 0 Å². The average Bonchev–Trinajstić information content (AvgIpc) is 2.81. The Kier molecular flexibility index (Phi) is 4.06. The molecule has 18 heavy (non-hydrogen) atoms. The molecule has 0 saturated heterocycles. The van der Waals surface area contributed by atoms with Gasteiger partial charge in [-0.3, -0.25) is 4.79 Å². The summed E-state index contributed by atoms with van der Waals surface area (Å²) in [4.78, 5) is 13.9. The molecule has 1 aromatic heterocycles. The van der Waals surface area contributed by atoms with Gasteiger partial charge in [-0.1, -0.05) is 23.9 Å². The van der Waals surface area contributed by atoms with Crippen LogP contribution in [0.3, 0.4) is 0 Å². The molecule has 1 aromatic carbocycles. The van der Waals surface area contributed by atoms with E-state index >= 15 is 0 Å². The molecule has 0 saturated carbocycles. The van der Waals surface area contributed by atoms with E-state index in [2.05, 4.69) is 4.98 Å². The number of rotatable bonds is 4. The van der Waals surface area contributed by atoms with Crippen molar-refractivity contribution in [1.82, 2.24) is 4.98 Å². The van der Waals surface area contributed by atoms with E-state index in [-0.39, 0.29) is 10.9 Å². The minimum Gasteiger partial charge on any atom is -0.389 e. The van der Waals surface area contributed by atoms with E-state index in [1.807, 2.05) is 24.4 Å². The van der Waals surface area contributed by atoms with Crippen molar-refractivity contribution in [2.45, 2.75) is 19.1 Å². The lowest BCUT2D eigenvalue weighted by Crippen LogP contribution is -2.21. The highest BCUT2D eigenvalue weighted by Gasteiger charge is 2.19. The van der Waals surface area contributed by atoms with Crippen molar-refractivity contribution in [3.8, 4) is 0 Å². The molecule has 0 aliphatic heterocycles. The molecule has 0 bridgehead atoms. The lowest BCUT2D eigenvalue weighted by molar-refractivity contribution is -0.109. The van der Waals surface area contributed by atoms with E-state index in [9.17, 15) is 15.0 Å². The normalized spacial score (nSPS) is 14.6. The molecule has 0 radical (unpaired) electrons. The summed E-state index contributed by atoms with van der Waals surface area (Å²) in [6.07, 6.45) is -0.112. The summed E-state index contributed by atoms with van der Waals surface area (Å²) in [5.74, 6) is 0.194. The highest BCUT2D eigenvalue weighted by atomic mass is 32.2. The van der Waals surface area contributed by atoms with Crippen LogP contribution in [-0.2, 0) is 4.79 Å². The van der Waals surface area contributed by atoms with Crippen molar-refractivity contribution < 1.29 is 15.0 Å². The number of aliphatic hydroxyl groups is 2. The fourth-order valence-corrected chi connectivity index (χ4v) is 2.35. The van der Waals surface area contributed by atoms with Crippen LogP contribution in [0.15, 0.2) is 30.5 Å². The molecule has 3 N–H and O–H groups in total. The number of carbonyl (C=O) groups excluding carboxylic acids is 1. The average molecular weight is 265 g/mol. The molecule has 0 aliphatic carbocycles. The Balaban J connectivity index is 2.11. The summed E-state index contributed by atoms with van der Waals surface area (Å²) < 4.78 is 0. The predicted octanol–water partition coefficient (Wildman–Crippen LogP) is 1.84. The standard InChI is InChI=1S/C13H15NO3S/c1-8(15)18-7-12(16)13(17)10-3-2-9-4-5-14-11(9)6-10/h2-6,12-14,16-17H,7H2,1H3. The van der Waals surface area contributed by atoms with E-state index in [1.165, 1.54) is 6.92 Å². The molecular weight excluding hydrogens is 250 g/mol. The number of H-pyrrole nitrogens is 1. The third-order valence-electron chi connectivity index (χ3n) is 2.74. The third-order valence-corrected chi connectivity index (χ3v) is 3.66. The maximum absolute atomic E-state index is 10.8. The first kappa shape index (κ1) is 13.1. The van der Waals surface area contributed by atoms with E-state index < -0.39 is 12.2 Å². The zero-order valence-electron chi connectivity index (χ0n) is 9.96. The molecule has 1 heterocycles. The number of thioether (sulfide) groups is 1. The zero-order valence-corrected chi connectivity index (χ0v) is 10.8. The summed E-state index contributed by atoms with van der Waals surface area (Å²) in [7, 11) is 0. The van der Waals surface area contributed by atoms with Crippen LogP contribution in [0.25, 0.3) is 10.9 Å². The van der Waals surface area contributed by atoms with Gasteiger partial charge in [0, 0.05) is 24.4 Å². The maximum Gasteiger partial charge on any atom is 0.185 e. The van der Waals surface area contributed by atoms with Crippen LogP contribution in [0.4, 0.5) is 0 Å². The SMILES string of the molecule is CC(=O)SCC(O)C(O)c1ccc2cc[nH]c2c1. The Labute approximate surface area is 109 Å². The Morgan fingerprint density at radius 2 is 2.17 bits per heavy atom. The smallest absolute Gasteiger partial charge is 0.185 e. The van der Waals surface area contributed by atoms with E-state index in [0.717, 1.165) is 22.7 Å². The van der Waals surface area contributed by atoms with Crippen LogP contribution in [0.2, 0.25) is 0 Å². The van der Waals surface area contributed by atoms with E-state index in [4.69, 9.17) is 0 Å². The van der Waals surface area contributed by atoms with Crippen LogP contribution in [0.1, 0.15) is 18.6 Å². The largest absolute Gasteiger partial charge is 0.389 e. The molecule has 0 fully saturated rings. The first-order valence-corrected chi connectivity index (χ1v) is 6.63. The molecule has 2 atom stereocenters. The predicted molar refractivity (Wildman–Crippen MR) is 72.4 cm³/mol. The van der Waals surface area contributed by atoms with Crippen molar-refractivity contribution in [1.29, 1.82) is 0 Å². The number of carbonyl (C=O) groups is 1. The Morgan fingerprint density at radius 3 is 2.89 bits per heavy atom. The highest BCUT2D eigenvalue weighted by Crippen LogP contribution is 2.23. The molecule has 0 aliphatic rings. The van der Waals surface area contributed by atoms with Gasteiger partial charge < -0.3 is 15.2 Å². The molecule has 2 rings (SSSR count). The lowest BCUT2D eigenvalue weighted by atomic mass is 10.0. The number of aromatic amines is 1. The molecule has 0 spiro atoms. The molecule has 2 unspecified atom stereocenters. The molecule has 4 nitrogen and oxygen atoms in total. The summed E-state index contributed by atoms with van der Waals surface area (Å²) in [6.45, 7) is 1.44. The van der Waals surface area contributed by atoms with E-state index in [0.29, 0.717) is 5.56 Å². The van der Waals surface area contributed by atoms with Gasteiger partial charge in [0.05, 0.1) is 6.10 Å². The number of hydrogen-bond acceptors (Lipinski definition) is 4. The number of benzene rings is 1. The van der Waals surface area contributed by atoms with Gasteiger partial charge in [-0.2, -0.15) is 0 Å². The van der Waals surface area contributed by atoms with Gasteiger partial charge >= 0.3 is 0 Å². The quantitative estimate of drug-likeness (QED) is 0.788. The second kappa shape index (κ2) is 5.56. The first-order chi connectivity index (χ1) is 8.58. The van der Waals surface area contributed by atoms with Crippen LogP contribution < -0.4 is 0 Å². The van der Waals surface area contributed by atoms with E-state index in [1.54, 1.807) is 6.07 Å². The van der Waals surface area contributed by atoms with Gasteiger partial charge in [0.25, 0.3) is 0 Å². The maximum atomic E-state index is 10.8. The van der Waals surface area contributed by atoms with Crippen LogP contribution in [-0.4, -0.2) is 32.2 Å². The minimum atomic E-state index is -0.982. The topological polar surface area (TPSA) is 73.3 Å². The Morgan fingerprint density at radius 1 is 1.39 bits per heavy atom. The monoisotopic (exact) mass is 265 g/mol. The molecule has 5 heteroatoms. The second-order valence-corrected chi connectivity index (χ2v) is 5.34. The van der Waals surface area contributed by atoms with Crippen LogP contribution in [0, 0.1) is 0 Å². The van der Waals surface area contributed by atoms with Gasteiger partial charge in [-0.25, -0.2) is 0 Å². The lowest BCUT2D eigenvalue weighted by Gasteiger charge is -2.17. The number of fused-ring (bicyclic) bond motifs is 1. The highest BCUT2D eigenvalue weighted by molar-refractivity contribution is 8.13. The fourth-order valence-electron chi connectivity index (χ4n) is 1.77. The van der Waals surface area contributed by atoms with Crippen molar-refractivity contribution >= 4 is 27.8 Å². The molecule has 96 valence electrons. The summed E-state index contributed by atoms with van der Waals surface area (Å²) in [6, 6.07) is 7.41. The first-order valence-electron chi connectivity index (χ1n) is 5.64.